The quantitative estimate of drug-likeness (QED) is 0.319. The van der Waals surface area contributed by atoms with Crippen molar-refractivity contribution in [3.63, 3.8) is 0 Å². The van der Waals surface area contributed by atoms with Gasteiger partial charge in [-0.05, 0) is 53.8 Å². The number of benzene rings is 3. The van der Waals surface area contributed by atoms with E-state index in [2.05, 4.69) is 12.1 Å². The van der Waals surface area contributed by atoms with Crippen molar-refractivity contribution >= 4 is 0 Å². The highest BCUT2D eigenvalue weighted by atomic mass is 16.5. The molecule has 3 aromatic carbocycles. The SMILES string of the molecule is COc1ccc(COC/C=C/C(O)CCc2ccc(OCc3ccccc3)cc2)cc1. The third-order valence-electron chi connectivity index (χ3n) is 4.90. The van der Waals surface area contributed by atoms with E-state index in [0.29, 0.717) is 26.2 Å². The smallest absolute Gasteiger partial charge is 0.119 e. The first kappa shape index (κ1) is 22.6. The van der Waals surface area contributed by atoms with Crippen LogP contribution in [-0.2, 0) is 24.4 Å². The van der Waals surface area contributed by atoms with E-state index >= 15 is 0 Å². The molecule has 162 valence electrons. The Bertz CT molecular complexity index is 902. The molecular weight excluding hydrogens is 388 g/mol. The standard InChI is InChI=1S/C27H30O4/c1-29-26-15-12-24(13-16-26)20-30-19-5-8-25(28)14-9-22-10-17-27(18-11-22)31-21-23-6-3-2-4-7-23/h2-8,10-13,15-18,25,28H,9,14,19-21H2,1H3/b8-5+. The Kier molecular flexibility index (Phi) is 9.17. The molecule has 0 saturated heterocycles. The molecule has 4 nitrogen and oxygen atoms in total. The summed E-state index contributed by atoms with van der Waals surface area (Å²) in [7, 11) is 1.65. The number of aryl methyl sites for hydroxylation is 1. The van der Waals surface area contributed by atoms with Crippen LogP contribution in [0.3, 0.4) is 0 Å². The maximum Gasteiger partial charge on any atom is 0.119 e. The fourth-order valence-corrected chi connectivity index (χ4v) is 3.08. The second-order valence-corrected chi connectivity index (χ2v) is 7.32. The van der Waals surface area contributed by atoms with Crippen molar-refractivity contribution in [2.24, 2.45) is 0 Å². The number of hydrogen-bond acceptors (Lipinski definition) is 4. The van der Waals surface area contributed by atoms with Gasteiger partial charge in [0, 0.05) is 0 Å². The summed E-state index contributed by atoms with van der Waals surface area (Å²) in [6, 6.07) is 26.0. The van der Waals surface area contributed by atoms with Gasteiger partial charge in [0.2, 0.25) is 0 Å². The van der Waals surface area contributed by atoms with E-state index in [1.54, 1.807) is 13.2 Å². The molecule has 0 amide bonds. The second-order valence-electron chi connectivity index (χ2n) is 7.32. The molecule has 31 heavy (non-hydrogen) atoms. The first-order valence-electron chi connectivity index (χ1n) is 10.5. The highest BCUT2D eigenvalue weighted by Gasteiger charge is 2.02. The molecule has 0 spiro atoms. The Labute approximate surface area is 184 Å². The number of rotatable bonds is 12. The van der Waals surface area contributed by atoms with Gasteiger partial charge in [-0.25, -0.2) is 0 Å². The van der Waals surface area contributed by atoms with Crippen LogP contribution in [0.15, 0.2) is 91.0 Å². The highest BCUT2D eigenvalue weighted by Crippen LogP contribution is 2.16. The van der Waals surface area contributed by atoms with Crippen LogP contribution in [0.25, 0.3) is 0 Å². The molecule has 0 aliphatic rings. The Hall–Kier alpha value is -3.08. The molecule has 1 N–H and O–H groups in total. The minimum Gasteiger partial charge on any atom is -0.497 e. The summed E-state index contributed by atoms with van der Waals surface area (Å²) < 4.78 is 16.6. The number of ether oxygens (including phenoxy) is 3. The molecule has 0 saturated carbocycles. The lowest BCUT2D eigenvalue weighted by atomic mass is 10.1. The van der Waals surface area contributed by atoms with Crippen LogP contribution in [0, 0.1) is 0 Å². The van der Waals surface area contributed by atoms with Crippen LogP contribution in [-0.4, -0.2) is 24.9 Å². The lowest BCUT2D eigenvalue weighted by Crippen LogP contribution is -2.04. The average Bonchev–Trinajstić information content (AvgIpc) is 2.83. The van der Waals surface area contributed by atoms with Crippen molar-refractivity contribution in [3.8, 4) is 11.5 Å². The summed E-state index contributed by atoms with van der Waals surface area (Å²) in [5.74, 6) is 1.68. The zero-order chi connectivity index (χ0) is 21.7. The summed E-state index contributed by atoms with van der Waals surface area (Å²) in [6.45, 7) is 1.56. The molecule has 0 aliphatic heterocycles. The third-order valence-corrected chi connectivity index (χ3v) is 4.90. The first-order chi connectivity index (χ1) is 15.2. The van der Waals surface area contributed by atoms with Gasteiger partial charge >= 0.3 is 0 Å². The van der Waals surface area contributed by atoms with Crippen LogP contribution in [0.4, 0.5) is 0 Å². The van der Waals surface area contributed by atoms with Crippen LogP contribution < -0.4 is 9.47 Å². The molecule has 0 radical (unpaired) electrons. The number of hydrogen-bond donors (Lipinski definition) is 1. The molecule has 0 fully saturated rings. The summed E-state index contributed by atoms with van der Waals surface area (Å²) in [4.78, 5) is 0. The van der Waals surface area contributed by atoms with Crippen molar-refractivity contribution in [1.29, 1.82) is 0 Å². The van der Waals surface area contributed by atoms with E-state index in [4.69, 9.17) is 14.2 Å². The van der Waals surface area contributed by atoms with Crippen molar-refractivity contribution in [3.05, 3.63) is 108 Å². The number of methoxy groups -OCH3 is 1. The van der Waals surface area contributed by atoms with Gasteiger partial charge in [-0.3, -0.25) is 0 Å². The topological polar surface area (TPSA) is 47.9 Å². The Morgan fingerprint density at radius 2 is 1.42 bits per heavy atom. The van der Waals surface area contributed by atoms with Gasteiger partial charge in [0.1, 0.15) is 18.1 Å². The van der Waals surface area contributed by atoms with E-state index in [1.165, 1.54) is 5.56 Å². The summed E-state index contributed by atoms with van der Waals surface area (Å²) in [6.07, 6.45) is 4.65. The normalized spacial score (nSPS) is 12.1. The van der Waals surface area contributed by atoms with Gasteiger partial charge < -0.3 is 19.3 Å². The molecule has 0 bridgehead atoms. The fourth-order valence-electron chi connectivity index (χ4n) is 3.08. The molecule has 3 aromatic rings. The predicted molar refractivity (Wildman–Crippen MR) is 123 cm³/mol. The zero-order valence-electron chi connectivity index (χ0n) is 17.9. The molecule has 0 aliphatic carbocycles. The fraction of sp³-hybridized carbons (Fsp3) is 0.259. The van der Waals surface area contributed by atoms with Crippen LogP contribution >= 0.6 is 0 Å². The minimum atomic E-state index is -0.487. The van der Waals surface area contributed by atoms with Gasteiger partial charge in [0.05, 0.1) is 26.4 Å². The van der Waals surface area contributed by atoms with Gasteiger partial charge in [-0.2, -0.15) is 0 Å². The average molecular weight is 419 g/mol. The molecule has 1 unspecified atom stereocenters. The molecule has 3 rings (SSSR count). The van der Waals surface area contributed by atoms with Crippen molar-refractivity contribution < 1.29 is 19.3 Å². The monoisotopic (exact) mass is 418 g/mol. The van der Waals surface area contributed by atoms with Gasteiger partial charge in [-0.1, -0.05) is 66.7 Å². The van der Waals surface area contributed by atoms with Gasteiger partial charge in [0.25, 0.3) is 0 Å². The number of aliphatic hydroxyl groups is 1. The van der Waals surface area contributed by atoms with Gasteiger partial charge in [-0.15, -0.1) is 0 Å². The van der Waals surface area contributed by atoms with E-state index in [0.717, 1.165) is 29.0 Å². The largest absolute Gasteiger partial charge is 0.497 e. The van der Waals surface area contributed by atoms with E-state index < -0.39 is 6.10 Å². The van der Waals surface area contributed by atoms with Crippen molar-refractivity contribution in [1.82, 2.24) is 0 Å². The Morgan fingerprint density at radius 1 is 0.774 bits per heavy atom. The predicted octanol–water partition coefficient (Wildman–Crippen LogP) is 5.34. The lowest BCUT2D eigenvalue weighted by Gasteiger charge is -2.09. The van der Waals surface area contributed by atoms with Crippen molar-refractivity contribution in [2.75, 3.05) is 13.7 Å². The van der Waals surface area contributed by atoms with E-state index in [9.17, 15) is 5.11 Å². The Balaban J connectivity index is 1.31. The van der Waals surface area contributed by atoms with Crippen LogP contribution in [0.2, 0.25) is 0 Å². The van der Waals surface area contributed by atoms with E-state index in [1.807, 2.05) is 72.8 Å². The van der Waals surface area contributed by atoms with Crippen molar-refractivity contribution in [2.45, 2.75) is 32.2 Å². The summed E-state index contributed by atoms with van der Waals surface area (Å²) >= 11 is 0. The lowest BCUT2D eigenvalue weighted by molar-refractivity contribution is 0.147. The zero-order valence-corrected chi connectivity index (χ0v) is 17.9. The maximum absolute atomic E-state index is 10.2. The Morgan fingerprint density at radius 3 is 2.13 bits per heavy atom. The molecule has 1 atom stereocenters. The van der Waals surface area contributed by atoms with Gasteiger partial charge in [0.15, 0.2) is 0 Å². The van der Waals surface area contributed by atoms with Crippen LogP contribution in [0.5, 0.6) is 11.5 Å². The molecule has 0 heterocycles. The second kappa shape index (κ2) is 12.6. The molecule has 0 aromatic heterocycles. The third kappa shape index (κ3) is 8.28. The minimum absolute atomic E-state index is 0.469. The molecular formula is C27H30O4. The number of aliphatic hydroxyl groups excluding tert-OH is 1. The maximum atomic E-state index is 10.2. The van der Waals surface area contributed by atoms with E-state index in [-0.39, 0.29) is 0 Å². The molecule has 4 heteroatoms. The van der Waals surface area contributed by atoms with Crippen LogP contribution in [0.1, 0.15) is 23.1 Å². The summed E-state index contributed by atoms with van der Waals surface area (Å²) in [5, 5.41) is 10.2. The first-order valence-corrected chi connectivity index (χ1v) is 10.5. The summed E-state index contributed by atoms with van der Waals surface area (Å²) in [5.41, 5.74) is 3.41. The highest BCUT2D eigenvalue weighted by molar-refractivity contribution is 5.28.